The first-order valence-electron chi connectivity index (χ1n) is 9.64. The normalized spacial score (nSPS) is 31.1. The second-order valence-electron chi connectivity index (χ2n) is 8.13. The lowest BCUT2D eigenvalue weighted by Crippen LogP contribution is -2.70. The highest BCUT2D eigenvalue weighted by atomic mass is 16.4. The molecule has 1 aromatic rings. The molecule has 3 aliphatic carbocycles. The molecule has 1 fully saturated rings. The topological polar surface area (TPSA) is 211 Å². The fraction of sp³-hybridized carbons (Fsp3) is 0.286. The Morgan fingerprint density at radius 1 is 1.24 bits per heavy atom. The molecule has 3 aliphatic rings. The summed E-state index contributed by atoms with van der Waals surface area (Å²) >= 11 is 0. The van der Waals surface area contributed by atoms with Crippen molar-refractivity contribution in [2.24, 2.45) is 22.9 Å². The lowest BCUT2D eigenvalue weighted by atomic mass is 9.55. The summed E-state index contributed by atoms with van der Waals surface area (Å²) in [7, 11) is 1.01. The third-order valence-electron chi connectivity index (χ3n) is 6.58. The number of likely N-dealkylation sites (N-methyl/N-ethyl adjacent to an activating group) is 1. The molecule has 0 saturated heterocycles. The number of ketones is 2. The zero-order chi connectivity index (χ0) is 24.6. The van der Waals surface area contributed by atoms with Gasteiger partial charge in [0, 0.05) is 13.0 Å². The Labute approximate surface area is 185 Å². The molecule has 0 radical (unpaired) electrons. The van der Waals surface area contributed by atoms with E-state index in [4.69, 9.17) is 5.73 Å². The minimum atomic E-state index is -3.14. The van der Waals surface area contributed by atoms with Gasteiger partial charge in [-0.3, -0.25) is 19.4 Å². The number of rotatable bonds is 3. The maximum Gasteiger partial charge on any atom is 0.255 e. The van der Waals surface area contributed by atoms with Gasteiger partial charge >= 0.3 is 0 Å². The SMILES string of the molecule is C=C1c2cccc(O)c2C(O)=C2C(=O)[C@]3(O)C(O)=C(C(N)=O)C(=O)[C@@H](N(C)N=O)[C@@H]3[C@@H](O)[C@H]12. The van der Waals surface area contributed by atoms with Gasteiger partial charge in [0.25, 0.3) is 5.91 Å². The molecule has 7 N–H and O–H groups in total. The van der Waals surface area contributed by atoms with Crippen LogP contribution >= 0.6 is 0 Å². The maximum absolute atomic E-state index is 13.6. The number of Topliss-reactive ketones (excluding diaryl/α,β-unsaturated/α-hetero) is 2. The van der Waals surface area contributed by atoms with Crippen LogP contribution in [0.3, 0.4) is 0 Å². The minimum absolute atomic E-state index is 0.0636. The number of carbonyl (C=O) groups is 3. The molecule has 0 bridgehead atoms. The molecule has 1 amide bonds. The molecule has 1 aromatic carbocycles. The molecule has 0 unspecified atom stereocenters. The van der Waals surface area contributed by atoms with Crippen LogP contribution in [0, 0.1) is 16.7 Å². The van der Waals surface area contributed by atoms with Crippen LogP contribution in [0.5, 0.6) is 5.75 Å². The number of primary amides is 1. The standard InChI is InChI=1S/C21H19N3O9/c1-6-7-4-3-5-8(25)10(7)15(26)11-9(6)16(27)13-14(24(2)23-33)17(28)12(20(22)31)19(30)21(13,32)18(11)29/h3-5,9,13-14,16,25-27,30,32H,1H2,2H3,(H2,22,31)/t9-,13-,14+,16+,21+/m1/s1. The van der Waals surface area contributed by atoms with Gasteiger partial charge in [0.15, 0.2) is 11.4 Å². The van der Waals surface area contributed by atoms with Gasteiger partial charge in [0.05, 0.1) is 28.4 Å². The zero-order valence-electron chi connectivity index (χ0n) is 17.1. The number of phenolic OH excluding ortho intramolecular Hbond substituents is 1. The summed E-state index contributed by atoms with van der Waals surface area (Å²) in [5, 5.41) is 57.6. The second kappa shape index (κ2) is 6.98. The van der Waals surface area contributed by atoms with Crippen molar-refractivity contribution in [1.29, 1.82) is 0 Å². The van der Waals surface area contributed by atoms with Crippen molar-refractivity contribution < 1.29 is 39.9 Å². The fourth-order valence-corrected chi connectivity index (χ4v) is 5.11. The van der Waals surface area contributed by atoms with Crippen LogP contribution in [0.1, 0.15) is 11.1 Å². The Kier molecular flexibility index (Phi) is 4.69. The van der Waals surface area contributed by atoms with Gasteiger partial charge < -0.3 is 31.3 Å². The molecular weight excluding hydrogens is 438 g/mol. The zero-order valence-corrected chi connectivity index (χ0v) is 17.1. The van der Waals surface area contributed by atoms with E-state index in [9.17, 15) is 44.8 Å². The molecule has 0 aromatic heterocycles. The molecule has 0 heterocycles. The molecule has 4 rings (SSSR count). The quantitative estimate of drug-likeness (QED) is 0.194. The first kappa shape index (κ1) is 22.2. The van der Waals surface area contributed by atoms with E-state index in [0.717, 1.165) is 7.05 Å². The molecule has 12 heteroatoms. The van der Waals surface area contributed by atoms with E-state index >= 15 is 0 Å². The van der Waals surface area contributed by atoms with Crippen molar-refractivity contribution in [3.63, 3.8) is 0 Å². The van der Waals surface area contributed by atoms with Crippen molar-refractivity contribution in [3.8, 4) is 5.75 Å². The van der Waals surface area contributed by atoms with Gasteiger partial charge in [-0.15, -0.1) is 4.91 Å². The summed E-state index contributed by atoms with van der Waals surface area (Å²) in [6.45, 7) is 3.85. The highest BCUT2D eigenvalue weighted by molar-refractivity contribution is 6.25. The number of carbonyl (C=O) groups excluding carboxylic acids is 3. The first-order chi connectivity index (χ1) is 15.4. The first-order valence-corrected chi connectivity index (χ1v) is 9.64. The molecule has 33 heavy (non-hydrogen) atoms. The highest BCUT2D eigenvalue weighted by Gasteiger charge is 2.68. The van der Waals surface area contributed by atoms with Crippen molar-refractivity contribution in [1.82, 2.24) is 5.01 Å². The summed E-state index contributed by atoms with van der Waals surface area (Å²) < 4.78 is 0. The van der Waals surface area contributed by atoms with Gasteiger partial charge in [-0.25, -0.2) is 0 Å². The number of amides is 1. The van der Waals surface area contributed by atoms with E-state index in [1.807, 2.05) is 0 Å². The number of fused-ring (bicyclic) bond motifs is 3. The summed E-state index contributed by atoms with van der Waals surface area (Å²) in [5.74, 6) is -10.0. The van der Waals surface area contributed by atoms with Gasteiger partial charge in [0.2, 0.25) is 5.78 Å². The van der Waals surface area contributed by atoms with E-state index in [1.54, 1.807) is 0 Å². The van der Waals surface area contributed by atoms with E-state index in [-0.39, 0.29) is 16.7 Å². The number of aromatic hydroxyl groups is 1. The second-order valence-corrected chi connectivity index (χ2v) is 8.13. The van der Waals surface area contributed by atoms with Crippen molar-refractivity contribution in [3.05, 3.63) is 57.7 Å². The summed E-state index contributed by atoms with van der Waals surface area (Å²) in [5.41, 5.74) is 0.355. The number of aliphatic hydroxyl groups is 4. The largest absolute Gasteiger partial charge is 0.508 e. The molecule has 0 aliphatic heterocycles. The molecule has 5 atom stereocenters. The average Bonchev–Trinajstić information content (AvgIpc) is 2.75. The van der Waals surface area contributed by atoms with Crippen LogP contribution in [0.25, 0.3) is 11.3 Å². The van der Waals surface area contributed by atoms with Crippen LogP contribution in [-0.2, 0) is 14.4 Å². The van der Waals surface area contributed by atoms with Crippen LogP contribution in [0.2, 0.25) is 0 Å². The lowest BCUT2D eigenvalue weighted by Gasteiger charge is -2.52. The Morgan fingerprint density at radius 3 is 2.45 bits per heavy atom. The third-order valence-corrected chi connectivity index (χ3v) is 6.58. The van der Waals surface area contributed by atoms with Crippen LogP contribution in [-0.4, -0.2) is 72.8 Å². The molecule has 0 spiro atoms. The predicted octanol–water partition coefficient (Wildman–Crippen LogP) is -0.543. The van der Waals surface area contributed by atoms with Crippen LogP contribution < -0.4 is 5.73 Å². The van der Waals surface area contributed by atoms with Gasteiger partial charge in [0.1, 0.15) is 28.9 Å². The highest BCUT2D eigenvalue weighted by Crippen LogP contribution is 2.55. The lowest BCUT2D eigenvalue weighted by molar-refractivity contribution is -0.167. The molecule has 1 saturated carbocycles. The number of hydrogen-bond donors (Lipinski definition) is 6. The van der Waals surface area contributed by atoms with E-state index in [0.29, 0.717) is 5.01 Å². The number of nitrogens with two attached hydrogens (primary N) is 1. The number of aliphatic hydroxyl groups excluding tert-OH is 3. The summed E-state index contributed by atoms with van der Waals surface area (Å²) in [6, 6.07) is 2.27. The molecular formula is C21H19N3O9. The molecule has 12 nitrogen and oxygen atoms in total. The Bertz CT molecular complexity index is 1230. The predicted molar refractivity (Wildman–Crippen MR) is 111 cm³/mol. The molecule has 172 valence electrons. The Hall–Kier alpha value is -4.03. The summed E-state index contributed by atoms with van der Waals surface area (Å²) in [4.78, 5) is 49.7. The number of benzene rings is 1. The van der Waals surface area contributed by atoms with Crippen molar-refractivity contribution in [2.75, 3.05) is 7.05 Å². The summed E-state index contributed by atoms with van der Waals surface area (Å²) in [6.07, 6.45) is -1.89. The average molecular weight is 457 g/mol. The Balaban J connectivity index is 2.08. The van der Waals surface area contributed by atoms with Gasteiger partial charge in [-0.2, -0.15) is 0 Å². The van der Waals surface area contributed by atoms with Gasteiger partial charge in [-0.1, -0.05) is 18.7 Å². The Morgan fingerprint density at radius 2 is 1.88 bits per heavy atom. The number of nitroso groups, excluding NO2 is 1. The monoisotopic (exact) mass is 457 g/mol. The van der Waals surface area contributed by atoms with Crippen LogP contribution in [0.15, 0.2) is 47.0 Å². The minimum Gasteiger partial charge on any atom is -0.508 e. The smallest absolute Gasteiger partial charge is 0.255 e. The third kappa shape index (κ3) is 2.55. The van der Waals surface area contributed by atoms with Gasteiger partial charge in [-0.05, 0) is 17.2 Å². The maximum atomic E-state index is 13.6. The number of nitrogens with zero attached hydrogens (tertiary/aromatic N) is 2. The van der Waals surface area contributed by atoms with Crippen molar-refractivity contribution >= 4 is 28.8 Å². The van der Waals surface area contributed by atoms with E-state index < -0.39 is 75.5 Å². The number of hydrogen-bond acceptors (Lipinski definition) is 10. The van der Waals surface area contributed by atoms with Crippen molar-refractivity contribution in [2.45, 2.75) is 17.7 Å². The van der Waals surface area contributed by atoms with Crippen LogP contribution in [0.4, 0.5) is 0 Å². The van der Waals surface area contributed by atoms with E-state index in [2.05, 4.69) is 11.9 Å². The number of phenols is 1. The fourth-order valence-electron chi connectivity index (χ4n) is 5.11. The van der Waals surface area contributed by atoms with E-state index in [1.165, 1.54) is 18.2 Å².